The predicted molar refractivity (Wildman–Crippen MR) is 102 cm³/mol. The lowest BCUT2D eigenvalue weighted by atomic mass is 10.2. The number of rotatable bonds is 7. The molecule has 0 aliphatic heterocycles. The van der Waals surface area contributed by atoms with Gasteiger partial charge in [-0.2, -0.15) is 0 Å². The van der Waals surface area contributed by atoms with Gasteiger partial charge in [0.1, 0.15) is 11.8 Å². The second-order valence-corrected chi connectivity index (χ2v) is 6.70. The molecule has 1 saturated carbocycles. The Labute approximate surface area is 160 Å². The number of carbonyl (C=O) groups is 2. The summed E-state index contributed by atoms with van der Waals surface area (Å²) in [5, 5.41) is 2.83. The lowest BCUT2D eigenvalue weighted by Gasteiger charge is -2.08. The number of fused-ring (bicyclic) bond motifs is 1. The van der Waals surface area contributed by atoms with Crippen molar-refractivity contribution in [2.24, 2.45) is 5.92 Å². The van der Waals surface area contributed by atoms with Crippen LogP contribution in [0.1, 0.15) is 29.6 Å². The van der Waals surface area contributed by atoms with Gasteiger partial charge in [0.15, 0.2) is 11.5 Å². The molecular weight excluding hydrogens is 360 g/mol. The van der Waals surface area contributed by atoms with E-state index in [0.717, 1.165) is 12.8 Å². The highest BCUT2D eigenvalue weighted by atomic mass is 16.5. The van der Waals surface area contributed by atoms with Crippen molar-refractivity contribution in [2.75, 3.05) is 17.7 Å². The number of nitrogens with two attached hydrogens (primary N) is 1. The molecule has 9 nitrogen and oxygen atoms in total. The van der Waals surface area contributed by atoms with Gasteiger partial charge in [-0.1, -0.05) is 6.07 Å². The second-order valence-electron chi connectivity index (χ2n) is 6.70. The topological polar surface area (TPSA) is 125 Å². The maximum absolute atomic E-state index is 12.3. The highest BCUT2D eigenvalue weighted by Crippen LogP contribution is 2.30. The van der Waals surface area contributed by atoms with Gasteiger partial charge in [-0.05, 0) is 37.5 Å². The Kier molecular flexibility index (Phi) is 4.88. The van der Waals surface area contributed by atoms with Gasteiger partial charge in [-0.15, -0.1) is 0 Å². The Bertz CT molecular complexity index is 1030. The van der Waals surface area contributed by atoms with E-state index in [1.165, 1.54) is 6.33 Å². The van der Waals surface area contributed by atoms with Gasteiger partial charge in [0.05, 0.1) is 18.5 Å². The molecular formula is C19H20N6O3. The fraction of sp³-hybridized carbons (Fsp3) is 0.316. The largest absolute Gasteiger partial charge is 0.462 e. The van der Waals surface area contributed by atoms with E-state index in [-0.39, 0.29) is 18.4 Å². The molecule has 1 aliphatic carbocycles. The summed E-state index contributed by atoms with van der Waals surface area (Å²) in [6.07, 6.45) is 5.49. The van der Waals surface area contributed by atoms with Crippen molar-refractivity contribution in [1.29, 1.82) is 0 Å². The zero-order chi connectivity index (χ0) is 19.5. The van der Waals surface area contributed by atoms with Crippen molar-refractivity contribution in [2.45, 2.75) is 25.8 Å². The molecule has 144 valence electrons. The molecule has 0 spiro atoms. The first-order valence-corrected chi connectivity index (χ1v) is 9.11. The van der Waals surface area contributed by atoms with Crippen LogP contribution in [-0.2, 0) is 16.1 Å². The van der Waals surface area contributed by atoms with Crippen LogP contribution in [0.15, 0.2) is 36.9 Å². The number of amides is 1. The number of benzene rings is 1. The number of anilines is 2. The number of nitrogens with zero attached hydrogens (tertiary/aromatic N) is 4. The molecule has 3 aromatic rings. The third kappa shape index (κ3) is 3.93. The Morgan fingerprint density at radius 1 is 1.25 bits per heavy atom. The summed E-state index contributed by atoms with van der Waals surface area (Å²) >= 11 is 0. The van der Waals surface area contributed by atoms with E-state index in [0.29, 0.717) is 41.2 Å². The fourth-order valence-corrected chi connectivity index (χ4v) is 2.86. The molecule has 28 heavy (non-hydrogen) atoms. The van der Waals surface area contributed by atoms with Crippen molar-refractivity contribution in [3.05, 3.63) is 42.5 Å². The maximum atomic E-state index is 12.3. The Morgan fingerprint density at radius 2 is 2.11 bits per heavy atom. The molecule has 9 heteroatoms. The molecule has 0 saturated heterocycles. The fourth-order valence-electron chi connectivity index (χ4n) is 2.86. The van der Waals surface area contributed by atoms with Crippen LogP contribution in [0.3, 0.4) is 0 Å². The van der Waals surface area contributed by atoms with E-state index in [1.807, 2.05) is 4.57 Å². The Balaban J connectivity index is 1.29. The number of hydrogen-bond donors (Lipinski definition) is 2. The summed E-state index contributed by atoms with van der Waals surface area (Å²) < 4.78 is 7.18. The highest BCUT2D eigenvalue weighted by Gasteiger charge is 2.29. The molecule has 2 heterocycles. The normalized spacial score (nSPS) is 13.4. The smallest absolute Gasteiger partial charge is 0.338 e. The van der Waals surface area contributed by atoms with E-state index in [1.54, 1.807) is 30.6 Å². The lowest BCUT2D eigenvalue weighted by Crippen LogP contribution is -2.14. The van der Waals surface area contributed by atoms with E-state index in [2.05, 4.69) is 20.3 Å². The molecule has 0 radical (unpaired) electrons. The summed E-state index contributed by atoms with van der Waals surface area (Å²) in [4.78, 5) is 36.4. The Hall–Kier alpha value is -3.49. The minimum absolute atomic E-state index is 0.00234. The van der Waals surface area contributed by atoms with Crippen LogP contribution < -0.4 is 11.1 Å². The molecule has 1 aromatic carbocycles. The van der Waals surface area contributed by atoms with Gasteiger partial charge in [0.2, 0.25) is 5.91 Å². The number of imidazole rings is 1. The molecule has 3 N–H and O–H groups in total. The predicted octanol–water partition coefficient (Wildman–Crippen LogP) is 2.00. The Morgan fingerprint density at radius 3 is 2.93 bits per heavy atom. The van der Waals surface area contributed by atoms with Crippen molar-refractivity contribution in [3.63, 3.8) is 0 Å². The van der Waals surface area contributed by atoms with Gasteiger partial charge >= 0.3 is 5.97 Å². The number of aryl methyl sites for hydroxylation is 1. The molecule has 2 aromatic heterocycles. The standard InChI is InChI=1S/C19H20N6O3/c20-16-15-17(22-10-21-16)25(11-23-15)7-2-8-28-19(27)13-3-1-4-14(9-13)24-18(26)12-5-6-12/h1,3-4,9-12H,2,5-8H2,(H,24,26)(H2,20,21,22). The van der Waals surface area contributed by atoms with Gasteiger partial charge in [0.25, 0.3) is 0 Å². The van der Waals surface area contributed by atoms with Crippen LogP contribution in [0.4, 0.5) is 11.5 Å². The van der Waals surface area contributed by atoms with Crippen molar-refractivity contribution in [3.8, 4) is 0 Å². The number of ether oxygens (including phenoxy) is 1. The average molecular weight is 380 g/mol. The average Bonchev–Trinajstić information content (AvgIpc) is 3.47. The first kappa shape index (κ1) is 17.9. The van der Waals surface area contributed by atoms with Crippen LogP contribution in [0.25, 0.3) is 11.2 Å². The van der Waals surface area contributed by atoms with E-state index in [4.69, 9.17) is 10.5 Å². The number of hydrogen-bond acceptors (Lipinski definition) is 7. The van der Waals surface area contributed by atoms with Crippen molar-refractivity contribution < 1.29 is 14.3 Å². The molecule has 0 atom stereocenters. The summed E-state index contributed by atoms with van der Waals surface area (Å²) in [5.41, 5.74) is 7.99. The second kappa shape index (κ2) is 7.63. The number of aromatic nitrogens is 4. The van der Waals surface area contributed by atoms with E-state index in [9.17, 15) is 9.59 Å². The number of nitrogen functional groups attached to an aromatic ring is 1. The van der Waals surface area contributed by atoms with Crippen LogP contribution in [-0.4, -0.2) is 38.0 Å². The van der Waals surface area contributed by atoms with Crippen LogP contribution in [0.2, 0.25) is 0 Å². The minimum atomic E-state index is -0.426. The van der Waals surface area contributed by atoms with Crippen molar-refractivity contribution in [1.82, 2.24) is 19.5 Å². The summed E-state index contributed by atoms with van der Waals surface area (Å²) in [5.74, 6) is 0.0198. The monoisotopic (exact) mass is 380 g/mol. The minimum Gasteiger partial charge on any atom is -0.462 e. The molecule has 4 rings (SSSR count). The first-order valence-electron chi connectivity index (χ1n) is 9.11. The summed E-state index contributed by atoms with van der Waals surface area (Å²) in [6.45, 7) is 0.829. The SMILES string of the molecule is Nc1ncnc2c1ncn2CCCOC(=O)c1cccc(NC(=O)C2CC2)c1. The van der Waals surface area contributed by atoms with Crippen LogP contribution in [0, 0.1) is 5.92 Å². The third-order valence-electron chi connectivity index (χ3n) is 4.52. The number of nitrogens with one attached hydrogen (secondary N) is 1. The van der Waals surface area contributed by atoms with E-state index >= 15 is 0 Å². The number of carbonyl (C=O) groups excluding carboxylic acids is 2. The molecule has 1 amide bonds. The number of esters is 1. The zero-order valence-corrected chi connectivity index (χ0v) is 15.2. The van der Waals surface area contributed by atoms with Gasteiger partial charge < -0.3 is 20.4 Å². The van der Waals surface area contributed by atoms with E-state index < -0.39 is 5.97 Å². The third-order valence-corrected chi connectivity index (χ3v) is 4.52. The van der Waals surface area contributed by atoms with Gasteiger partial charge in [-0.3, -0.25) is 4.79 Å². The molecule has 0 bridgehead atoms. The summed E-state index contributed by atoms with van der Waals surface area (Å²) in [7, 11) is 0. The first-order chi connectivity index (χ1) is 13.6. The highest BCUT2D eigenvalue weighted by molar-refractivity contribution is 5.96. The molecule has 1 fully saturated rings. The zero-order valence-electron chi connectivity index (χ0n) is 15.2. The van der Waals surface area contributed by atoms with Gasteiger partial charge in [0, 0.05) is 18.2 Å². The summed E-state index contributed by atoms with van der Waals surface area (Å²) in [6, 6.07) is 6.78. The molecule has 0 unspecified atom stereocenters. The quantitative estimate of drug-likeness (QED) is 0.474. The van der Waals surface area contributed by atoms with Gasteiger partial charge in [-0.25, -0.2) is 19.7 Å². The maximum Gasteiger partial charge on any atom is 0.338 e. The lowest BCUT2D eigenvalue weighted by molar-refractivity contribution is -0.117. The van der Waals surface area contributed by atoms with Crippen LogP contribution >= 0.6 is 0 Å². The van der Waals surface area contributed by atoms with Crippen LogP contribution in [0.5, 0.6) is 0 Å². The molecule has 1 aliphatic rings. The van der Waals surface area contributed by atoms with Crippen molar-refractivity contribution >= 4 is 34.5 Å².